The van der Waals surface area contributed by atoms with Crippen molar-refractivity contribution < 1.29 is 9.53 Å². The molecule has 3 rings (SSSR count). The zero-order valence-corrected chi connectivity index (χ0v) is 13.1. The van der Waals surface area contributed by atoms with Gasteiger partial charge in [-0.3, -0.25) is 0 Å². The molecule has 0 saturated carbocycles. The summed E-state index contributed by atoms with van der Waals surface area (Å²) in [5.41, 5.74) is 0.966. The van der Waals surface area contributed by atoms with Gasteiger partial charge in [-0.1, -0.05) is 59.4 Å². The highest BCUT2D eigenvalue weighted by molar-refractivity contribution is 8.06. The SMILES string of the molecule is Cc1ccc(SC2=CC(=O)OC2Sc2ccccc2)cc1. The Balaban J connectivity index is 1.74. The second kappa shape index (κ2) is 6.41. The number of hydrogen-bond donors (Lipinski definition) is 0. The van der Waals surface area contributed by atoms with Crippen LogP contribution in [0.4, 0.5) is 0 Å². The van der Waals surface area contributed by atoms with E-state index in [-0.39, 0.29) is 11.4 Å². The van der Waals surface area contributed by atoms with Gasteiger partial charge in [-0.05, 0) is 31.2 Å². The molecule has 1 aliphatic rings. The molecular weight excluding hydrogens is 300 g/mol. The summed E-state index contributed by atoms with van der Waals surface area (Å²) in [6.07, 6.45) is 1.59. The maximum absolute atomic E-state index is 11.6. The maximum atomic E-state index is 11.6. The van der Waals surface area contributed by atoms with Gasteiger partial charge in [-0.25, -0.2) is 4.79 Å². The standard InChI is InChI=1S/C17H14O2S2/c1-12-7-9-14(10-8-12)20-15-11-16(18)19-17(15)21-13-5-3-2-4-6-13/h2-11,17H,1H3. The normalized spacial score (nSPS) is 17.5. The zero-order chi connectivity index (χ0) is 14.7. The van der Waals surface area contributed by atoms with Crippen LogP contribution in [0.25, 0.3) is 0 Å². The first-order valence-corrected chi connectivity index (χ1v) is 8.29. The molecule has 0 bridgehead atoms. The Morgan fingerprint density at radius 3 is 2.38 bits per heavy atom. The van der Waals surface area contributed by atoms with Gasteiger partial charge >= 0.3 is 5.97 Å². The lowest BCUT2D eigenvalue weighted by atomic mass is 10.2. The minimum Gasteiger partial charge on any atom is -0.442 e. The first-order chi connectivity index (χ1) is 10.2. The Labute approximate surface area is 132 Å². The molecule has 2 nitrogen and oxygen atoms in total. The smallest absolute Gasteiger partial charge is 0.333 e. The van der Waals surface area contributed by atoms with Crippen LogP contribution in [0.1, 0.15) is 5.56 Å². The van der Waals surface area contributed by atoms with Gasteiger partial charge in [0, 0.05) is 20.8 Å². The number of thioether (sulfide) groups is 2. The van der Waals surface area contributed by atoms with Crippen LogP contribution in [-0.4, -0.2) is 11.4 Å². The fourth-order valence-electron chi connectivity index (χ4n) is 1.91. The van der Waals surface area contributed by atoms with Crippen LogP contribution in [0.5, 0.6) is 0 Å². The summed E-state index contributed by atoms with van der Waals surface area (Å²) >= 11 is 3.14. The minimum absolute atomic E-state index is 0.258. The summed E-state index contributed by atoms with van der Waals surface area (Å²) in [5.74, 6) is -0.266. The first-order valence-electron chi connectivity index (χ1n) is 6.59. The van der Waals surface area contributed by atoms with Crippen molar-refractivity contribution >= 4 is 29.5 Å². The van der Waals surface area contributed by atoms with Gasteiger partial charge in [-0.15, -0.1) is 0 Å². The van der Waals surface area contributed by atoms with Crippen LogP contribution in [0.3, 0.4) is 0 Å². The van der Waals surface area contributed by atoms with Crippen LogP contribution < -0.4 is 0 Å². The molecule has 2 aromatic rings. The lowest BCUT2D eigenvalue weighted by Crippen LogP contribution is -2.05. The Morgan fingerprint density at radius 2 is 1.67 bits per heavy atom. The molecule has 0 aliphatic carbocycles. The molecule has 0 radical (unpaired) electrons. The quantitative estimate of drug-likeness (QED) is 0.768. The molecule has 106 valence electrons. The van der Waals surface area contributed by atoms with Crippen molar-refractivity contribution in [1.29, 1.82) is 0 Å². The molecule has 2 aromatic carbocycles. The number of carbonyl (C=O) groups excluding carboxylic acids is 1. The van der Waals surface area contributed by atoms with Gasteiger partial charge in [0.25, 0.3) is 0 Å². The van der Waals surface area contributed by atoms with E-state index in [1.54, 1.807) is 29.6 Å². The van der Waals surface area contributed by atoms with E-state index in [2.05, 4.69) is 31.2 Å². The van der Waals surface area contributed by atoms with E-state index in [4.69, 9.17) is 4.74 Å². The summed E-state index contributed by atoms with van der Waals surface area (Å²) in [5, 5.41) is 0. The molecule has 1 unspecified atom stereocenters. The lowest BCUT2D eigenvalue weighted by Gasteiger charge is -2.13. The average molecular weight is 314 g/mol. The van der Waals surface area contributed by atoms with E-state index in [1.807, 2.05) is 30.3 Å². The molecule has 0 aromatic heterocycles. The Hall–Kier alpha value is -1.65. The van der Waals surface area contributed by atoms with Gasteiger partial charge in [0.05, 0.1) is 0 Å². The fourth-order valence-corrected chi connectivity index (χ4v) is 3.93. The van der Waals surface area contributed by atoms with Crippen molar-refractivity contribution in [2.75, 3.05) is 0 Å². The van der Waals surface area contributed by atoms with Gasteiger partial charge in [0.1, 0.15) is 0 Å². The van der Waals surface area contributed by atoms with Crippen molar-refractivity contribution in [2.24, 2.45) is 0 Å². The number of carbonyl (C=O) groups is 1. The van der Waals surface area contributed by atoms with E-state index < -0.39 is 0 Å². The molecule has 0 spiro atoms. The summed E-state index contributed by atoms with van der Waals surface area (Å²) in [6.45, 7) is 2.06. The maximum Gasteiger partial charge on any atom is 0.333 e. The van der Waals surface area contributed by atoms with Gasteiger partial charge in [0.15, 0.2) is 5.44 Å². The molecule has 1 heterocycles. The molecule has 1 aliphatic heterocycles. The van der Waals surface area contributed by atoms with E-state index in [0.717, 1.165) is 14.7 Å². The van der Waals surface area contributed by atoms with Crippen molar-refractivity contribution in [1.82, 2.24) is 0 Å². The van der Waals surface area contributed by atoms with Gasteiger partial charge in [0.2, 0.25) is 0 Å². The predicted molar refractivity (Wildman–Crippen MR) is 87.3 cm³/mol. The Morgan fingerprint density at radius 1 is 0.952 bits per heavy atom. The van der Waals surface area contributed by atoms with Crippen LogP contribution in [0, 0.1) is 6.92 Å². The minimum atomic E-state index is -0.266. The largest absolute Gasteiger partial charge is 0.442 e. The second-order valence-corrected chi connectivity index (χ2v) is 6.94. The monoisotopic (exact) mass is 314 g/mol. The molecule has 0 fully saturated rings. The van der Waals surface area contributed by atoms with E-state index in [9.17, 15) is 4.79 Å². The van der Waals surface area contributed by atoms with E-state index in [0.29, 0.717) is 0 Å². The number of benzene rings is 2. The highest BCUT2D eigenvalue weighted by atomic mass is 32.2. The Kier molecular flexibility index (Phi) is 4.36. The van der Waals surface area contributed by atoms with Crippen molar-refractivity contribution in [2.45, 2.75) is 22.2 Å². The summed E-state index contributed by atoms with van der Waals surface area (Å²) in [7, 11) is 0. The number of cyclic esters (lactones) is 1. The molecule has 4 heteroatoms. The van der Waals surface area contributed by atoms with Gasteiger partial charge in [-0.2, -0.15) is 0 Å². The highest BCUT2D eigenvalue weighted by Crippen LogP contribution is 2.40. The molecule has 21 heavy (non-hydrogen) atoms. The predicted octanol–water partition coefficient (Wildman–Crippen LogP) is 4.65. The van der Waals surface area contributed by atoms with Gasteiger partial charge < -0.3 is 4.74 Å². The summed E-state index contributed by atoms with van der Waals surface area (Å²) in [6, 6.07) is 18.2. The molecule has 0 amide bonds. The van der Waals surface area contributed by atoms with Crippen molar-refractivity contribution in [3.8, 4) is 0 Å². The number of hydrogen-bond acceptors (Lipinski definition) is 4. The number of aryl methyl sites for hydroxylation is 1. The molecule has 0 N–H and O–H groups in total. The van der Waals surface area contributed by atoms with Crippen LogP contribution in [0.2, 0.25) is 0 Å². The molecular formula is C17H14O2S2. The average Bonchev–Trinajstić information content (AvgIpc) is 2.82. The highest BCUT2D eigenvalue weighted by Gasteiger charge is 2.27. The van der Waals surface area contributed by atoms with Crippen LogP contribution >= 0.6 is 23.5 Å². The lowest BCUT2D eigenvalue weighted by molar-refractivity contribution is -0.135. The third-order valence-electron chi connectivity index (χ3n) is 2.96. The number of rotatable bonds is 4. The molecule has 1 atom stereocenters. The second-order valence-electron chi connectivity index (χ2n) is 4.66. The number of esters is 1. The molecule has 0 saturated heterocycles. The van der Waals surface area contributed by atoms with Crippen LogP contribution in [0.15, 0.2) is 75.4 Å². The zero-order valence-electron chi connectivity index (χ0n) is 11.5. The number of ether oxygens (including phenoxy) is 1. The summed E-state index contributed by atoms with van der Waals surface area (Å²) in [4.78, 5) is 14.7. The third-order valence-corrected chi connectivity index (χ3v) is 5.29. The van der Waals surface area contributed by atoms with E-state index in [1.165, 1.54) is 5.56 Å². The topological polar surface area (TPSA) is 26.3 Å². The van der Waals surface area contributed by atoms with Crippen LogP contribution in [-0.2, 0) is 9.53 Å². The van der Waals surface area contributed by atoms with Crippen molar-refractivity contribution in [3.63, 3.8) is 0 Å². The summed E-state index contributed by atoms with van der Waals surface area (Å²) < 4.78 is 5.38. The Bertz CT molecular complexity index is 663. The fraction of sp³-hybridized carbons (Fsp3) is 0.118. The van der Waals surface area contributed by atoms with E-state index >= 15 is 0 Å². The first kappa shape index (κ1) is 14.3. The van der Waals surface area contributed by atoms with Crippen molar-refractivity contribution in [3.05, 3.63) is 71.1 Å². The third kappa shape index (κ3) is 3.71.